The summed E-state index contributed by atoms with van der Waals surface area (Å²) in [7, 11) is 1.65. The van der Waals surface area contributed by atoms with Crippen LogP contribution in [0.4, 0.5) is 0 Å². The van der Waals surface area contributed by atoms with Crippen molar-refractivity contribution in [2.24, 2.45) is 0 Å². The van der Waals surface area contributed by atoms with Crippen LogP contribution in [0.25, 0.3) is 11.5 Å². The molecular formula is C16H18N4O2. The molecule has 0 aliphatic heterocycles. The van der Waals surface area contributed by atoms with Gasteiger partial charge in [-0.1, -0.05) is 24.2 Å². The first kappa shape index (κ1) is 14.3. The molecule has 1 aromatic carbocycles. The van der Waals surface area contributed by atoms with Crippen LogP contribution >= 0.6 is 0 Å². The van der Waals surface area contributed by atoms with E-state index in [-0.39, 0.29) is 0 Å². The number of rotatable bonds is 6. The number of hydrogen-bond acceptors (Lipinski definition) is 5. The SMILES string of the molecule is CCCn1cc(-c2nc(Cc3ccc(OC)cc3)no2)cn1. The molecule has 114 valence electrons. The molecule has 0 fully saturated rings. The third-order valence-electron chi connectivity index (χ3n) is 3.32. The molecule has 3 rings (SSSR count). The van der Waals surface area contributed by atoms with E-state index in [1.54, 1.807) is 13.3 Å². The van der Waals surface area contributed by atoms with E-state index in [9.17, 15) is 0 Å². The number of nitrogens with zero attached hydrogens (tertiary/aromatic N) is 4. The highest BCUT2D eigenvalue weighted by molar-refractivity contribution is 5.49. The molecule has 0 saturated carbocycles. The van der Waals surface area contributed by atoms with Gasteiger partial charge in [0.05, 0.1) is 18.9 Å². The molecule has 2 heterocycles. The third kappa shape index (κ3) is 3.16. The first-order valence-corrected chi connectivity index (χ1v) is 7.27. The second-order valence-corrected chi connectivity index (χ2v) is 5.03. The number of aryl methyl sites for hydroxylation is 1. The number of ether oxygens (including phenoxy) is 1. The molecule has 0 amide bonds. The van der Waals surface area contributed by atoms with Gasteiger partial charge in [-0.15, -0.1) is 0 Å². The molecule has 0 atom stereocenters. The highest BCUT2D eigenvalue weighted by Gasteiger charge is 2.11. The average Bonchev–Trinajstić information content (AvgIpc) is 3.18. The summed E-state index contributed by atoms with van der Waals surface area (Å²) in [6.07, 6.45) is 5.33. The van der Waals surface area contributed by atoms with Crippen molar-refractivity contribution in [3.05, 3.63) is 48.0 Å². The molecule has 0 N–H and O–H groups in total. The Bertz CT molecular complexity index is 731. The van der Waals surface area contributed by atoms with Gasteiger partial charge in [-0.2, -0.15) is 10.1 Å². The van der Waals surface area contributed by atoms with Gasteiger partial charge in [0.25, 0.3) is 5.89 Å². The highest BCUT2D eigenvalue weighted by Crippen LogP contribution is 2.18. The van der Waals surface area contributed by atoms with Gasteiger partial charge in [-0.25, -0.2) is 0 Å². The van der Waals surface area contributed by atoms with Gasteiger partial charge in [0.15, 0.2) is 5.82 Å². The van der Waals surface area contributed by atoms with E-state index in [0.717, 1.165) is 29.8 Å². The Morgan fingerprint density at radius 2 is 2.05 bits per heavy atom. The van der Waals surface area contributed by atoms with Gasteiger partial charge in [0, 0.05) is 19.2 Å². The molecule has 0 unspecified atom stereocenters. The molecule has 0 radical (unpaired) electrons. The third-order valence-corrected chi connectivity index (χ3v) is 3.32. The Labute approximate surface area is 128 Å². The average molecular weight is 298 g/mol. The van der Waals surface area contributed by atoms with Gasteiger partial charge in [0.2, 0.25) is 0 Å². The van der Waals surface area contributed by atoms with Gasteiger partial charge >= 0.3 is 0 Å². The summed E-state index contributed by atoms with van der Waals surface area (Å²) in [4.78, 5) is 4.43. The van der Waals surface area contributed by atoms with Crippen molar-refractivity contribution in [1.82, 2.24) is 19.9 Å². The molecule has 0 saturated heterocycles. The van der Waals surface area contributed by atoms with E-state index in [2.05, 4.69) is 22.2 Å². The fourth-order valence-corrected chi connectivity index (χ4v) is 2.19. The molecule has 2 aromatic heterocycles. The predicted molar refractivity (Wildman–Crippen MR) is 81.6 cm³/mol. The van der Waals surface area contributed by atoms with E-state index in [4.69, 9.17) is 9.26 Å². The van der Waals surface area contributed by atoms with Crippen molar-refractivity contribution in [3.8, 4) is 17.2 Å². The zero-order chi connectivity index (χ0) is 15.4. The van der Waals surface area contributed by atoms with Crippen LogP contribution in [0.3, 0.4) is 0 Å². The highest BCUT2D eigenvalue weighted by atomic mass is 16.5. The Hall–Kier alpha value is -2.63. The van der Waals surface area contributed by atoms with Crippen molar-refractivity contribution in [2.75, 3.05) is 7.11 Å². The maximum Gasteiger partial charge on any atom is 0.261 e. The Morgan fingerprint density at radius 3 is 2.77 bits per heavy atom. The Morgan fingerprint density at radius 1 is 1.23 bits per heavy atom. The molecule has 0 aliphatic rings. The van der Waals surface area contributed by atoms with Gasteiger partial charge in [0.1, 0.15) is 5.75 Å². The van der Waals surface area contributed by atoms with Crippen molar-refractivity contribution in [2.45, 2.75) is 26.3 Å². The summed E-state index contributed by atoms with van der Waals surface area (Å²) in [6, 6.07) is 7.83. The first-order chi connectivity index (χ1) is 10.8. The van der Waals surface area contributed by atoms with Crippen LogP contribution in [0, 0.1) is 0 Å². The fraction of sp³-hybridized carbons (Fsp3) is 0.312. The van der Waals surface area contributed by atoms with Crippen LogP contribution in [-0.2, 0) is 13.0 Å². The normalized spacial score (nSPS) is 10.8. The molecule has 6 heteroatoms. The summed E-state index contributed by atoms with van der Waals surface area (Å²) < 4.78 is 12.3. The fourth-order valence-electron chi connectivity index (χ4n) is 2.19. The largest absolute Gasteiger partial charge is 0.497 e. The lowest BCUT2D eigenvalue weighted by molar-refractivity contribution is 0.414. The molecule has 6 nitrogen and oxygen atoms in total. The maximum absolute atomic E-state index is 5.32. The summed E-state index contributed by atoms with van der Waals surface area (Å²) in [5, 5.41) is 8.30. The van der Waals surface area contributed by atoms with Crippen LogP contribution in [0.1, 0.15) is 24.7 Å². The van der Waals surface area contributed by atoms with Crippen molar-refractivity contribution < 1.29 is 9.26 Å². The van der Waals surface area contributed by atoms with Gasteiger partial charge in [-0.05, 0) is 24.1 Å². The summed E-state index contributed by atoms with van der Waals surface area (Å²) in [5.74, 6) is 2.00. The van der Waals surface area contributed by atoms with Crippen LogP contribution in [-0.4, -0.2) is 27.0 Å². The standard InChI is InChI=1S/C16H18N4O2/c1-3-8-20-11-13(10-17-20)16-18-15(19-22-16)9-12-4-6-14(21-2)7-5-12/h4-7,10-11H,3,8-9H2,1-2H3. The summed E-state index contributed by atoms with van der Waals surface area (Å²) >= 11 is 0. The topological polar surface area (TPSA) is 66.0 Å². The van der Waals surface area contributed by atoms with E-state index >= 15 is 0 Å². The molecular weight excluding hydrogens is 280 g/mol. The van der Waals surface area contributed by atoms with E-state index < -0.39 is 0 Å². The van der Waals surface area contributed by atoms with Crippen molar-refractivity contribution >= 4 is 0 Å². The van der Waals surface area contributed by atoms with E-state index in [1.165, 1.54) is 0 Å². The second-order valence-electron chi connectivity index (χ2n) is 5.03. The lowest BCUT2D eigenvalue weighted by Gasteiger charge is -2.00. The lowest BCUT2D eigenvalue weighted by Crippen LogP contribution is -1.95. The monoisotopic (exact) mass is 298 g/mol. The first-order valence-electron chi connectivity index (χ1n) is 7.27. The minimum atomic E-state index is 0.505. The molecule has 0 bridgehead atoms. The van der Waals surface area contributed by atoms with E-state index in [1.807, 2.05) is 35.1 Å². The van der Waals surface area contributed by atoms with E-state index in [0.29, 0.717) is 18.1 Å². The molecule has 0 aliphatic carbocycles. The Balaban J connectivity index is 1.72. The van der Waals surface area contributed by atoms with Crippen LogP contribution in [0.15, 0.2) is 41.2 Å². The van der Waals surface area contributed by atoms with Crippen molar-refractivity contribution in [1.29, 1.82) is 0 Å². The minimum absolute atomic E-state index is 0.505. The Kier molecular flexibility index (Phi) is 4.18. The minimum Gasteiger partial charge on any atom is -0.497 e. The molecule has 22 heavy (non-hydrogen) atoms. The predicted octanol–water partition coefficient (Wildman–Crippen LogP) is 2.94. The smallest absolute Gasteiger partial charge is 0.261 e. The summed E-state index contributed by atoms with van der Waals surface area (Å²) in [6.45, 7) is 2.99. The number of hydrogen-bond donors (Lipinski definition) is 0. The van der Waals surface area contributed by atoms with Gasteiger partial charge in [-0.3, -0.25) is 4.68 Å². The van der Waals surface area contributed by atoms with Gasteiger partial charge < -0.3 is 9.26 Å². The zero-order valence-electron chi connectivity index (χ0n) is 12.7. The number of methoxy groups -OCH3 is 1. The second kappa shape index (κ2) is 6.43. The number of benzene rings is 1. The van der Waals surface area contributed by atoms with Crippen LogP contribution < -0.4 is 4.74 Å². The van der Waals surface area contributed by atoms with Crippen LogP contribution in [0.5, 0.6) is 5.75 Å². The number of aromatic nitrogens is 4. The van der Waals surface area contributed by atoms with Crippen LogP contribution in [0.2, 0.25) is 0 Å². The van der Waals surface area contributed by atoms with Crippen molar-refractivity contribution in [3.63, 3.8) is 0 Å². The summed E-state index contributed by atoms with van der Waals surface area (Å²) in [5.41, 5.74) is 1.96. The molecule has 0 spiro atoms. The zero-order valence-corrected chi connectivity index (χ0v) is 12.7. The lowest BCUT2D eigenvalue weighted by atomic mass is 10.1. The molecule has 3 aromatic rings. The maximum atomic E-state index is 5.32. The quantitative estimate of drug-likeness (QED) is 0.700.